The van der Waals surface area contributed by atoms with Crippen molar-refractivity contribution in [3.05, 3.63) is 102 Å². The van der Waals surface area contributed by atoms with Gasteiger partial charge in [-0.25, -0.2) is 0 Å². The van der Waals surface area contributed by atoms with Crippen molar-refractivity contribution in [2.75, 3.05) is 5.75 Å². The average Bonchev–Trinajstić information content (AvgIpc) is 3.27. The third-order valence-corrected chi connectivity index (χ3v) is 6.18. The minimum absolute atomic E-state index is 0.0575. The molecule has 0 unspecified atom stereocenters. The predicted octanol–water partition coefficient (Wildman–Crippen LogP) is 5.77. The summed E-state index contributed by atoms with van der Waals surface area (Å²) in [4.78, 5) is 17.2. The van der Waals surface area contributed by atoms with E-state index < -0.39 is 0 Å². The van der Waals surface area contributed by atoms with E-state index in [0.29, 0.717) is 16.5 Å². The quantitative estimate of drug-likeness (QED) is 0.250. The van der Waals surface area contributed by atoms with E-state index in [-0.39, 0.29) is 11.5 Å². The van der Waals surface area contributed by atoms with Gasteiger partial charge in [0, 0.05) is 29.2 Å². The Balaban J connectivity index is 1.45. The molecule has 6 heteroatoms. The molecule has 5 rings (SSSR count). The molecule has 0 radical (unpaired) electrons. The maximum atomic E-state index is 12.9. The Morgan fingerprint density at radius 1 is 0.906 bits per heavy atom. The van der Waals surface area contributed by atoms with E-state index in [4.69, 9.17) is 0 Å². The Hall–Kier alpha value is -3.77. The topological polar surface area (TPSA) is 60.7 Å². The van der Waals surface area contributed by atoms with E-state index in [0.717, 1.165) is 22.0 Å². The van der Waals surface area contributed by atoms with Crippen LogP contribution in [0.4, 0.5) is 0 Å². The zero-order chi connectivity index (χ0) is 21.9. The lowest BCUT2D eigenvalue weighted by Gasteiger charge is -2.10. The molecule has 5 aromatic rings. The van der Waals surface area contributed by atoms with Crippen LogP contribution in [0.3, 0.4) is 0 Å². The van der Waals surface area contributed by atoms with Crippen LogP contribution in [0.15, 0.2) is 96.4 Å². The van der Waals surface area contributed by atoms with Gasteiger partial charge >= 0.3 is 0 Å². The van der Waals surface area contributed by atoms with Crippen LogP contribution in [0.2, 0.25) is 0 Å². The van der Waals surface area contributed by atoms with Crippen molar-refractivity contribution in [3.63, 3.8) is 0 Å². The second-order valence-corrected chi connectivity index (χ2v) is 8.44. The lowest BCUT2D eigenvalue weighted by Crippen LogP contribution is -2.05. The monoisotopic (exact) mass is 436 g/mol. The molecule has 0 amide bonds. The molecule has 156 valence electrons. The summed E-state index contributed by atoms with van der Waals surface area (Å²) >= 11 is 1.39. The zero-order valence-electron chi connectivity index (χ0n) is 17.5. The number of hydrogen-bond acceptors (Lipinski definition) is 5. The molecule has 0 N–H and O–H groups in total. The Morgan fingerprint density at radius 2 is 1.72 bits per heavy atom. The summed E-state index contributed by atoms with van der Waals surface area (Å²) < 4.78 is 1.98. The molecule has 3 aromatic carbocycles. The molecule has 0 saturated heterocycles. The summed E-state index contributed by atoms with van der Waals surface area (Å²) in [5.41, 5.74) is 3.68. The van der Waals surface area contributed by atoms with Crippen molar-refractivity contribution in [2.24, 2.45) is 0 Å². The number of aromatic nitrogens is 4. The average molecular weight is 437 g/mol. The van der Waals surface area contributed by atoms with Gasteiger partial charge in [0.1, 0.15) is 0 Å². The van der Waals surface area contributed by atoms with Crippen molar-refractivity contribution in [3.8, 4) is 17.1 Å². The SMILES string of the molecule is Cc1ccc(-n2c(SCC(=O)c3ccc4ccccc4c3)nnc2-c2cccnc2)cc1. The van der Waals surface area contributed by atoms with E-state index in [1.807, 2.05) is 71.3 Å². The molecule has 0 aliphatic heterocycles. The third-order valence-electron chi connectivity index (χ3n) is 5.25. The number of carbonyl (C=O) groups excluding carboxylic acids is 1. The molecule has 0 spiro atoms. The summed E-state index contributed by atoms with van der Waals surface area (Å²) in [6.07, 6.45) is 3.50. The van der Waals surface area contributed by atoms with E-state index in [9.17, 15) is 4.79 Å². The molecule has 0 bridgehead atoms. The molecular weight excluding hydrogens is 416 g/mol. The number of fused-ring (bicyclic) bond motifs is 1. The number of thioether (sulfide) groups is 1. The van der Waals surface area contributed by atoms with E-state index in [1.165, 1.54) is 17.3 Å². The fourth-order valence-electron chi connectivity index (χ4n) is 3.55. The minimum atomic E-state index is 0.0575. The summed E-state index contributed by atoms with van der Waals surface area (Å²) in [5.74, 6) is 1.03. The highest BCUT2D eigenvalue weighted by atomic mass is 32.2. The molecule has 0 fully saturated rings. The molecule has 32 heavy (non-hydrogen) atoms. The lowest BCUT2D eigenvalue weighted by atomic mass is 10.1. The summed E-state index contributed by atoms with van der Waals surface area (Å²) in [7, 11) is 0. The van der Waals surface area contributed by atoms with Crippen LogP contribution in [0, 0.1) is 6.92 Å². The Labute approximate surface area is 190 Å². The van der Waals surface area contributed by atoms with Gasteiger partial charge in [-0.2, -0.15) is 0 Å². The first-order chi connectivity index (χ1) is 15.7. The molecule has 2 aromatic heterocycles. The zero-order valence-corrected chi connectivity index (χ0v) is 18.3. The van der Waals surface area contributed by atoms with E-state index in [2.05, 4.69) is 34.2 Å². The number of ketones is 1. The van der Waals surface area contributed by atoms with Gasteiger partial charge in [0.2, 0.25) is 0 Å². The molecule has 5 nitrogen and oxygen atoms in total. The number of pyridine rings is 1. The number of nitrogens with zero attached hydrogens (tertiary/aromatic N) is 4. The lowest BCUT2D eigenvalue weighted by molar-refractivity contribution is 0.102. The van der Waals surface area contributed by atoms with Crippen LogP contribution in [0.1, 0.15) is 15.9 Å². The number of benzene rings is 3. The van der Waals surface area contributed by atoms with Gasteiger partial charge in [-0.3, -0.25) is 14.3 Å². The summed E-state index contributed by atoms with van der Waals surface area (Å²) in [6, 6.07) is 25.9. The molecule has 0 saturated carbocycles. The van der Waals surface area contributed by atoms with Crippen LogP contribution in [0.5, 0.6) is 0 Å². The van der Waals surface area contributed by atoms with Crippen LogP contribution in [-0.4, -0.2) is 31.3 Å². The van der Waals surface area contributed by atoms with Gasteiger partial charge in [0.05, 0.1) is 5.75 Å². The largest absolute Gasteiger partial charge is 0.293 e. The number of carbonyl (C=O) groups is 1. The first-order valence-corrected chi connectivity index (χ1v) is 11.3. The Morgan fingerprint density at radius 3 is 2.50 bits per heavy atom. The number of aryl methyl sites for hydroxylation is 1. The van der Waals surface area contributed by atoms with Crippen LogP contribution in [0.25, 0.3) is 27.8 Å². The number of rotatable bonds is 6. The van der Waals surface area contributed by atoms with E-state index >= 15 is 0 Å². The smallest absolute Gasteiger partial charge is 0.196 e. The molecule has 0 aliphatic rings. The molecule has 0 aliphatic carbocycles. The second kappa shape index (κ2) is 8.77. The standard InChI is InChI=1S/C26H20N4OS/c1-18-8-12-23(13-9-18)30-25(22-7-4-14-27-16-22)28-29-26(30)32-17-24(31)21-11-10-19-5-2-3-6-20(19)15-21/h2-16H,17H2,1H3. The third kappa shape index (κ3) is 4.05. The van der Waals surface area contributed by atoms with Gasteiger partial charge in [0.25, 0.3) is 0 Å². The van der Waals surface area contributed by atoms with Crippen molar-refractivity contribution in [1.29, 1.82) is 0 Å². The first-order valence-electron chi connectivity index (χ1n) is 10.3. The highest BCUT2D eigenvalue weighted by Crippen LogP contribution is 2.28. The molecule has 2 heterocycles. The molecule has 0 atom stereocenters. The Bertz CT molecular complexity index is 1390. The normalized spacial score (nSPS) is 11.0. The fraction of sp³-hybridized carbons (Fsp3) is 0.0769. The summed E-state index contributed by atoms with van der Waals surface area (Å²) in [5, 5.41) is 11.7. The van der Waals surface area contributed by atoms with Crippen molar-refractivity contribution in [2.45, 2.75) is 12.1 Å². The number of Topliss-reactive ketones (excluding diaryl/α,β-unsaturated/α-hetero) is 1. The molecular formula is C26H20N4OS. The minimum Gasteiger partial charge on any atom is -0.293 e. The van der Waals surface area contributed by atoms with Crippen LogP contribution < -0.4 is 0 Å². The van der Waals surface area contributed by atoms with Crippen molar-refractivity contribution >= 4 is 28.3 Å². The van der Waals surface area contributed by atoms with Gasteiger partial charge in [-0.05, 0) is 48.0 Å². The van der Waals surface area contributed by atoms with Gasteiger partial charge in [-0.1, -0.05) is 65.9 Å². The van der Waals surface area contributed by atoms with E-state index in [1.54, 1.807) is 12.4 Å². The maximum Gasteiger partial charge on any atom is 0.196 e. The van der Waals surface area contributed by atoms with Crippen molar-refractivity contribution in [1.82, 2.24) is 19.7 Å². The predicted molar refractivity (Wildman–Crippen MR) is 128 cm³/mol. The van der Waals surface area contributed by atoms with Gasteiger partial charge in [0.15, 0.2) is 16.8 Å². The van der Waals surface area contributed by atoms with Crippen molar-refractivity contribution < 1.29 is 4.79 Å². The summed E-state index contributed by atoms with van der Waals surface area (Å²) in [6.45, 7) is 2.05. The second-order valence-electron chi connectivity index (χ2n) is 7.49. The first kappa shape index (κ1) is 20.2. The maximum absolute atomic E-state index is 12.9. The van der Waals surface area contributed by atoms with Gasteiger partial charge in [-0.15, -0.1) is 10.2 Å². The Kier molecular flexibility index (Phi) is 5.52. The van der Waals surface area contributed by atoms with Gasteiger partial charge < -0.3 is 0 Å². The highest BCUT2D eigenvalue weighted by molar-refractivity contribution is 7.99. The van der Waals surface area contributed by atoms with Crippen LogP contribution in [-0.2, 0) is 0 Å². The van der Waals surface area contributed by atoms with Crippen LogP contribution >= 0.6 is 11.8 Å². The number of hydrogen-bond donors (Lipinski definition) is 0. The highest BCUT2D eigenvalue weighted by Gasteiger charge is 2.18. The fourth-order valence-corrected chi connectivity index (χ4v) is 4.39.